The SMILES string of the molecule is COc1cc(C#N)ccc1O[C@H]1C(=O)N(Cc2ccccc2)CC1(C)C. The van der Waals surface area contributed by atoms with Crippen molar-refractivity contribution in [2.45, 2.75) is 26.5 Å². The first-order chi connectivity index (χ1) is 12.4. The van der Waals surface area contributed by atoms with Gasteiger partial charge in [0.15, 0.2) is 17.6 Å². The summed E-state index contributed by atoms with van der Waals surface area (Å²) in [5.74, 6) is 0.888. The highest BCUT2D eigenvalue weighted by Gasteiger charge is 2.48. The van der Waals surface area contributed by atoms with Crippen molar-refractivity contribution in [3.8, 4) is 17.6 Å². The van der Waals surface area contributed by atoms with E-state index in [1.807, 2.05) is 49.1 Å². The Bertz CT molecular complexity index is 840. The Morgan fingerprint density at radius 2 is 1.92 bits per heavy atom. The second-order valence-corrected chi connectivity index (χ2v) is 7.14. The molecule has 2 aromatic carbocycles. The molecule has 1 amide bonds. The van der Waals surface area contributed by atoms with Gasteiger partial charge in [-0.1, -0.05) is 44.2 Å². The van der Waals surface area contributed by atoms with Crippen molar-refractivity contribution >= 4 is 5.91 Å². The number of benzene rings is 2. The molecule has 0 radical (unpaired) electrons. The van der Waals surface area contributed by atoms with Gasteiger partial charge in [0.2, 0.25) is 0 Å². The predicted molar refractivity (Wildman–Crippen MR) is 97.8 cm³/mol. The molecular weight excluding hydrogens is 328 g/mol. The van der Waals surface area contributed by atoms with E-state index >= 15 is 0 Å². The van der Waals surface area contributed by atoms with Crippen molar-refractivity contribution in [2.24, 2.45) is 5.41 Å². The summed E-state index contributed by atoms with van der Waals surface area (Å²) in [7, 11) is 1.52. The Balaban J connectivity index is 1.81. The maximum absolute atomic E-state index is 13.0. The van der Waals surface area contributed by atoms with Crippen LogP contribution in [0.3, 0.4) is 0 Å². The number of nitriles is 1. The average Bonchev–Trinajstić information content (AvgIpc) is 2.85. The van der Waals surface area contributed by atoms with E-state index in [1.165, 1.54) is 7.11 Å². The van der Waals surface area contributed by atoms with Gasteiger partial charge in [-0.25, -0.2) is 0 Å². The molecule has 0 aromatic heterocycles. The largest absolute Gasteiger partial charge is 0.493 e. The molecule has 0 bridgehead atoms. The molecule has 2 aromatic rings. The van der Waals surface area contributed by atoms with Gasteiger partial charge in [0, 0.05) is 24.6 Å². The molecule has 1 fully saturated rings. The topological polar surface area (TPSA) is 62.6 Å². The number of carbonyl (C=O) groups excluding carboxylic acids is 1. The molecule has 1 heterocycles. The molecule has 1 aliphatic heterocycles. The molecule has 0 spiro atoms. The van der Waals surface area contributed by atoms with E-state index in [1.54, 1.807) is 18.2 Å². The van der Waals surface area contributed by atoms with Crippen molar-refractivity contribution in [2.75, 3.05) is 13.7 Å². The zero-order valence-corrected chi connectivity index (χ0v) is 15.2. The van der Waals surface area contributed by atoms with E-state index in [2.05, 4.69) is 6.07 Å². The first-order valence-corrected chi connectivity index (χ1v) is 8.52. The third-order valence-corrected chi connectivity index (χ3v) is 4.60. The van der Waals surface area contributed by atoms with Crippen LogP contribution < -0.4 is 9.47 Å². The van der Waals surface area contributed by atoms with Crippen LogP contribution in [0, 0.1) is 16.7 Å². The van der Waals surface area contributed by atoms with E-state index in [4.69, 9.17) is 14.7 Å². The third kappa shape index (κ3) is 3.50. The summed E-state index contributed by atoms with van der Waals surface area (Å²) in [4.78, 5) is 14.8. The number of nitrogens with zero attached hydrogens (tertiary/aromatic N) is 2. The van der Waals surface area contributed by atoms with Crippen LogP contribution >= 0.6 is 0 Å². The number of rotatable bonds is 5. The summed E-state index contributed by atoms with van der Waals surface area (Å²) in [6, 6.07) is 16.9. The average molecular weight is 350 g/mol. The van der Waals surface area contributed by atoms with Crippen LogP contribution in [-0.2, 0) is 11.3 Å². The van der Waals surface area contributed by atoms with Gasteiger partial charge in [-0.2, -0.15) is 5.26 Å². The van der Waals surface area contributed by atoms with Crippen molar-refractivity contribution < 1.29 is 14.3 Å². The van der Waals surface area contributed by atoms with Gasteiger partial charge in [0.05, 0.1) is 18.7 Å². The van der Waals surface area contributed by atoms with E-state index in [-0.39, 0.29) is 11.3 Å². The molecule has 26 heavy (non-hydrogen) atoms. The van der Waals surface area contributed by atoms with Gasteiger partial charge in [0.1, 0.15) is 0 Å². The number of amides is 1. The lowest BCUT2D eigenvalue weighted by Crippen LogP contribution is -2.36. The van der Waals surface area contributed by atoms with E-state index < -0.39 is 6.10 Å². The van der Waals surface area contributed by atoms with E-state index in [0.717, 1.165) is 5.56 Å². The zero-order valence-electron chi connectivity index (χ0n) is 15.2. The molecule has 1 atom stereocenters. The van der Waals surface area contributed by atoms with E-state index in [0.29, 0.717) is 30.2 Å². The molecule has 0 aliphatic carbocycles. The molecule has 5 nitrogen and oxygen atoms in total. The van der Waals surface area contributed by atoms with Gasteiger partial charge in [0.25, 0.3) is 5.91 Å². The maximum atomic E-state index is 13.0. The minimum atomic E-state index is -0.604. The maximum Gasteiger partial charge on any atom is 0.264 e. The van der Waals surface area contributed by atoms with Gasteiger partial charge in [-0.15, -0.1) is 0 Å². The van der Waals surface area contributed by atoms with Crippen LogP contribution in [0.2, 0.25) is 0 Å². The van der Waals surface area contributed by atoms with Gasteiger partial charge in [-0.05, 0) is 17.7 Å². The number of hydrogen-bond acceptors (Lipinski definition) is 4. The minimum absolute atomic E-state index is 0.0368. The number of likely N-dealkylation sites (tertiary alicyclic amines) is 1. The van der Waals surface area contributed by atoms with Crippen molar-refractivity contribution in [1.29, 1.82) is 5.26 Å². The summed E-state index contributed by atoms with van der Waals surface area (Å²) < 4.78 is 11.4. The highest BCUT2D eigenvalue weighted by Crippen LogP contribution is 2.37. The quantitative estimate of drug-likeness (QED) is 0.829. The fraction of sp³-hybridized carbons (Fsp3) is 0.333. The highest BCUT2D eigenvalue weighted by atomic mass is 16.5. The fourth-order valence-electron chi connectivity index (χ4n) is 3.26. The minimum Gasteiger partial charge on any atom is -0.493 e. The molecule has 0 N–H and O–H groups in total. The van der Waals surface area contributed by atoms with Gasteiger partial charge >= 0.3 is 0 Å². The third-order valence-electron chi connectivity index (χ3n) is 4.60. The lowest BCUT2D eigenvalue weighted by molar-refractivity contribution is -0.134. The van der Waals surface area contributed by atoms with Crippen LogP contribution in [0.15, 0.2) is 48.5 Å². The monoisotopic (exact) mass is 350 g/mol. The summed E-state index contributed by atoms with van der Waals surface area (Å²) >= 11 is 0. The Morgan fingerprint density at radius 1 is 1.19 bits per heavy atom. The summed E-state index contributed by atoms with van der Waals surface area (Å²) in [5.41, 5.74) is 1.23. The summed E-state index contributed by atoms with van der Waals surface area (Å²) in [6.07, 6.45) is -0.604. The Labute approximate surface area is 153 Å². The van der Waals surface area contributed by atoms with E-state index in [9.17, 15) is 4.79 Å². The number of hydrogen-bond donors (Lipinski definition) is 0. The van der Waals surface area contributed by atoms with Crippen LogP contribution in [0.5, 0.6) is 11.5 Å². The molecule has 5 heteroatoms. The Kier molecular flexibility index (Phi) is 4.85. The highest BCUT2D eigenvalue weighted by molar-refractivity contribution is 5.84. The molecular formula is C21H22N2O3. The van der Waals surface area contributed by atoms with Crippen LogP contribution in [0.25, 0.3) is 0 Å². The van der Waals surface area contributed by atoms with Crippen LogP contribution in [0.4, 0.5) is 0 Å². The Morgan fingerprint density at radius 3 is 2.58 bits per heavy atom. The van der Waals surface area contributed by atoms with Gasteiger partial charge in [-0.3, -0.25) is 4.79 Å². The smallest absolute Gasteiger partial charge is 0.264 e. The van der Waals surface area contributed by atoms with Crippen LogP contribution in [0.1, 0.15) is 25.0 Å². The van der Waals surface area contributed by atoms with Crippen molar-refractivity contribution in [3.05, 3.63) is 59.7 Å². The molecule has 3 rings (SSSR count). The second-order valence-electron chi connectivity index (χ2n) is 7.14. The second kappa shape index (κ2) is 7.09. The molecule has 1 saturated heterocycles. The summed E-state index contributed by atoms with van der Waals surface area (Å²) in [5, 5.41) is 9.03. The van der Waals surface area contributed by atoms with Gasteiger partial charge < -0.3 is 14.4 Å². The molecule has 0 saturated carbocycles. The fourth-order valence-corrected chi connectivity index (χ4v) is 3.26. The first-order valence-electron chi connectivity index (χ1n) is 8.52. The Hall–Kier alpha value is -3.00. The number of ether oxygens (including phenoxy) is 2. The molecule has 134 valence electrons. The molecule has 0 unspecified atom stereocenters. The standard InChI is InChI=1S/C21H22N2O3/c1-21(2)14-23(13-15-7-5-4-6-8-15)20(24)19(21)26-17-10-9-16(12-22)11-18(17)25-3/h4-11,19H,13-14H2,1-3H3/t19-/m0/s1. The number of methoxy groups -OCH3 is 1. The molecule has 1 aliphatic rings. The van der Waals surface area contributed by atoms with Crippen molar-refractivity contribution in [1.82, 2.24) is 4.90 Å². The normalized spacial score (nSPS) is 18.5. The lowest BCUT2D eigenvalue weighted by Gasteiger charge is -2.25. The van der Waals surface area contributed by atoms with Crippen molar-refractivity contribution in [3.63, 3.8) is 0 Å². The first kappa shape index (κ1) is 17.8. The van der Waals surface area contributed by atoms with Crippen LogP contribution in [-0.4, -0.2) is 30.6 Å². The lowest BCUT2D eigenvalue weighted by atomic mass is 9.89. The number of carbonyl (C=O) groups is 1. The predicted octanol–water partition coefficient (Wildman–Crippen LogP) is 3.38. The summed E-state index contributed by atoms with van der Waals surface area (Å²) in [6.45, 7) is 5.23. The zero-order chi connectivity index (χ0) is 18.7.